The standard InChI is InChI=1S/C11H15BrN2OS/c12-8-1-2-10(13)11(7-8)14-9-3-5-16(15)6-4-9/h1-2,7,9,14H,3-6,13H2. The molecule has 0 bridgehead atoms. The lowest BCUT2D eigenvalue weighted by Crippen LogP contribution is -2.29. The van der Waals surface area contributed by atoms with E-state index in [1.807, 2.05) is 18.2 Å². The van der Waals surface area contributed by atoms with E-state index in [1.54, 1.807) is 0 Å². The minimum Gasteiger partial charge on any atom is -0.397 e. The number of nitrogen functional groups attached to an aromatic ring is 1. The average molecular weight is 303 g/mol. The first-order chi connectivity index (χ1) is 7.65. The molecule has 0 radical (unpaired) electrons. The van der Waals surface area contributed by atoms with Gasteiger partial charge in [-0.25, -0.2) is 0 Å². The van der Waals surface area contributed by atoms with Gasteiger partial charge in [0.05, 0.1) is 11.4 Å². The molecular weight excluding hydrogens is 288 g/mol. The fourth-order valence-corrected chi connectivity index (χ4v) is 3.47. The highest BCUT2D eigenvalue weighted by atomic mass is 79.9. The first-order valence-corrected chi connectivity index (χ1v) is 7.60. The molecule has 1 heterocycles. The minimum absolute atomic E-state index is 0.397. The number of halogens is 1. The van der Waals surface area contributed by atoms with Gasteiger partial charge in [0.25, 0.3) is 0 Å². The van der Waals surface area contributed by atoms with Gasteiger partial charge in [0, 0.05) is 32.8 Å². The molecule has 0 atom stereocenters. The van der Waals surface area contributed by atoms with Crippen molar-refractivity contribution in [3.05, 3.63) is 22.7 Å². The monoisotopic (exact) mass is 302 g/mol. The Kier molecular flexibility index (Phi) is 3.86. The molecule has 1 aromatic carbocycles. The lowest BCUT2D eigenvalue weighted by molar-refractivity contribution is 0.624. The summed E-state index contributed by atoms with van der Waals surface area (Å²) in [5.74, 6) is 1.59. The number of nitrogens with two attached hydrogens (primary N) is 1. The number of anilines is 2. The Bertz CT molecular complexity index is 401. The lowest BCUT2D eigenvalue weighted by atomic mass is 10.1. The minimum atomic E-state index is -0.609. The lowest BCUT2D eigenvalue weighted by Gasteiger charge is -2.24. The van der Waals surface area contributed by atoms with Gasteiger partial charge in [-0.3, -0.25) is 4.21 Å². The second kappa shape index (κ2) is 5.19. The molecule has 3 N–H and O–H groups in total. The van der Waals surface area contributed by atoms with Crippen molar-refractivity contribution in [3.63, 3.8) is 0 Å². The number of rotatable bonds is 2. The summed E-state index contributed by atoms with van der Waals surface area (Å²) in [4.78, 5) is 0. The summed E-state index contributed by atoms with van der Waals surface area (Å²) >= 11 is 3.43. The van der Waals surface area contributed by atoms with Crippen LogP contribution >= 0.6 is 15.9 Å². The molecule has 1 fully saturated rings. The molecule has 0 aromatic heterocycles. The molecule has 16 heavy (non-hydrogen) atoms. The molecule has 1 aliphatic rings. The van der Waals surface area contributed by atoms with Crippen LogP contribution in [0.4, 0.5) is 11.4 Å². The highest BCUT2D eigenvalue weighted by molar-refractivity contribution is 9.10. The topological polar surface area (TPSA) is 55.1 Å². The second-order valence-electron chi connectivity index (χ2n) is 4.00. The van der Waals surface area contributed by atoms with Gasteiger partial charge in [-0.1, -0.05) is 15.9 Å². The normalized spacial score (nSPS) is 25.3. The Morgan fingerprint density at radius 1 is 1.38 bits per heavy atom. The molecule has 1 aliphatic heterocycles. The van der Waals surface area contributed by atoms with Crippen molar-refractivity contribution in [2.75, 3.05) is 22.6 Å². The van der Waals surface area contributed by atoms with Crippen LogP contribution < -0.4 is 11.1 Å². The van der Waals surface area contributed by atoms with Gasteiger partial charge in [-0.05, 0) is 31.0 Å². The van der Waals surface area contributed by atoms with Crippen LogP contribution in [0.1, 0.15) is 12.8 Å². The van der Waals surface area contributed by atoms with Gasteiger partial charge in [-0.15, -0.1) is 0 Å². The summed E-state index contributed by atoms with van der Waals surface area (Å²) < 4.78 is 12.3. The summed E-state index contributed by atoms with van der Waals surface area (Å²) in [5, 5.41) is 3.42. The molecular formula is C11H15BrN2OS. The molecule has 1 aromatic rings. The van der Waals surface area contributed by atoms with Crippen LogP contribution in [0.5, 0.6) is 0 Å². The molecule has 0 aliphatic carbocycles. The van der Waals surface area contributed by atoms with Crippen molar-refractivity contribution < 1.29 is 4.21 Å². The quantitative estimate of drug-likeness (QED) is 0.825. The molecule has 5 heteroatoms. The highest BCUT2D eigenvalue weighted by Gasteiger charge is 2.18. The zero-order valence-electron chi connectivity index (χ0n) is 8.91. The van der Waals surface area contributed by atoms with Crippen molar-refractivity contribution >= 4 is 38.1 Å². The third-order valence-electron chi connectivity index (χ3n) is 2.76. The fraction of sp³-hybridized carbons (Fsp3) is 0.455. The average Bonchev–Trinajstić information content (AvgIpc) is 2.27. The number of hydrogen-bond donors (Lipinski definition) is 2. The first kappa shape index (κ1) is 11.9. The maximum atomic E-state index is 11.2. The summed E-state index contributed by atoms with van der Waals surface area (Å²) in [6.07, 6.45) is 1.91. The van der Waals surface area contributed by atoms with Crippen LogP contribution in [0.25, 0.3) is 0 Å². The number of nitrogens with one attached hydrogen (secondary N) is 1. The Balaban J connectivity index is 2.03. The van der Waals surface area contributed by atoms with Crippen molar-refractivity contribution in [2.45, 2.75) is 18.9 Å². The summed E-state index contributed by atoms with van der Waals surface area (Å²) in [5.41, 5.74) is 7.61. The van der Waals surface area contributed by atoms with E-state index in [9.17, 15) is 4.21 Å². The van der Waals surface area contributed by atoms with Crippen molar-refractivity contribution in [2.24, 2.45) is 0 Å². The SMILES string of the molecule is Nc1ccc(Br)cc1NC1CCS(=O)CC1. The third-order valence-corrected chi connectivity index (χ3v) is 4.64. The molecule has 0 unspecified atom stereocenters. The van der Waals surface area contributed by atoms with Crippen molar-refractivity contribution in [1.29, 1.82) is 0 Å². The van der Waals surface area contributed by atoms with Crippen LogP contribution in [0, 0.1) is 0 Å². The van der Waals surface area contributed by atoms with Gasteiger partial charge in [0.2, 0.25) is 0 Å². The summed E-state index contributed by atoms with van der Waals surface area (Å²) in [7, 11) is -0.609. The smallest absolute Gasteiger partial charge is 0.0587 e. The van der Waals surface area contributed by atoms with E-state index in [4.69, 9.17) is 5.73 Å². The maximum Gasteiger partial charge on any atom is 0.0587 e. The molecule has 2 rings (SSSR count). The van der Waals surface area contributed by atoms with Gasteiger partial charge >= 0.3 is 0 Å². The van der Waals surface area contributed by atoms with E-state index < -0.39 is 10.8 Å². The van der Waals surface area contributed by atoms with Crippen LogP contribution in [-0.4, -0.2) is 21.8 Å². The number of hydrogen-bond acceptors (Lipinski definition) is 3. The largest absolute Gasteiger partial charge is 0.397 e. The maximum absolute atomic E-state index is 11.2. The van der Waals surface area contributed by atoms with E-state index in [0.717, 1.165) is 40.2 Å². The molecule has 0 spiro atoms. The van der Waals surface area contributed by atoms with E-state index in [2.05, 4.69) is 21.2 Å². The van der Waals surface area contributed by atoms with Crippen molar-refractivity contribution in [1.82, 2.24) is 0 Å². The van der Waals surface area contributed by atoms with Gasteiger partial charge in [-0.2, -0.15) is 0 Å². The Labute approximate surface area is 106 Å². The van der Waals surface area contributed by atoms with E-state index in [1.165, 1.54) is 0 Å². The molecule has 0 saturated carbocycles. The number of benzene rings is 1. The van der Waals surface area contributed by atoms with Crippen LogP contribution in [-0.2, 0) is 10.8 Å². The summed E-state index contributed by atoms with van der Waals surface area (Å²) in [6.45, 7) is 0. The van der Waals surface area contributed by atoms with Crippen LogP contribution in [0.15, 0.2) is 22.7 Å². The van der Waals surface area contributed by atoms with Gasteiger partial charge < -0.3 is 11.1 Å². The van der Waals surface area contributed by atoms with Gasteiger partial charge in [0.1, 0.15) is 0 Å². The third kappa shape index (κ3) is 2.98. The predicted octanol–water partition coefficient (Wildman–Crippen LogP) is 2.35. The van der Waals surface area contributed by atoms with E-state index >= 15 is 0 Å². The summed E-state index contributed by atoms with van der Waals surface area (Å²) in [6, 6.07) is 6.19. The second-order valence-corrected chi connectivity index (χ2v) is 6.61. The molecule has 1 saturated heterocycles. The zero-order valence-corrected chi connectivity index (χ0v) is 11.3. The first-order valence-electron chi connectivity index (χ1n) is 5.31. The van der Waals surface area contributed by atoms with Crippen molar-refractivity contribution in [3.8, 4) is 0 Å². The van der Waals surface area contributed by atoms with Gasteiger partial charge in [0.15, 0.2) is 0 Å². The van der Waals surface area contributed by atoms with Crippen LogP contribution in [0.3, 0.4) is 0 Å². The Hall–Kier alpha value is -0.550. The van der Waals surface area contributed by atoms with Crippen LogP contribution in [0.2, 0.25) is 0 Å². The molecule has 0 amide bonds. The molecule has 88 valence electrons. The Morgan fingerprint density at radius 2 is 2.06 bits per heavy atom. The zero-order chi connectivity index (χ0) is 11.5. The molecule has 3 nitrogen and oxygen atoms in total. The fourth-order valence-electron chi connectivity index (χ4n) is 1.81. The predicted molar refractivity (Wildman–Crippen MR) is 73.1 cm³/mol. The Morgan fingerprint density at radius 3 is 2.75 bits per heavy atom. The van der Waals surface area contributed by atoms with E-state index in [-0.39, 0.29) is 0 Å². The highest BCUT2D eigenvalue weighted by Crippen LogP contribution is 2.25. The van der Waals surface area contributed by atoms with E-state index in [0.29, 0.717) is 6.04 Å².